The Kier molecular flexibility index (Phi) is 4.19. The fourth-order valence-electron chi connectivity index (χ4n) is 2.97. The number of fused-ring (bicyclic) bond motifs is 1. The van der Waals surface area contributed by atoms with E-state index in [2.05, 4.69) is 41.2 Å². The molecule has 0 radical (unpaired) electrons. The van der Waals surface area contributed by atoms with Crippen LogP contribution in [-0.4, -0.2) is 11.5 Å². The lowest BCUT2D eigenvalue weighted by Gasteiger charge is -2.38. The van der Waals surface area contributed by atoms with Crippen LogP contribution >= 0.6 is 15.9 Å². The van der Waals surface area contributed by atoms with Crippen molar-refractivity contribution < 1.29 is 9.53 Å². The molecule has 0 saturated heterocycles. The Balaban J connectivity index is 1.91. The number of halogens is 1. The molecule has 1 amide bonds. The molecule has 1 aliphatic rings. The van der Waals surface area contributed by atoms with Gasteiger partial charge in [0.05, 0.1) is 11.6 Å². The maximum atomic E-state index is 12.6. The monoisotopic (exact) mass is 373 g/mol. The van der Waals surface area contributed by atoms with Crippen molar-refractivity contribution in [1.29, 1.82) is 0 Å². The third-order valence-electron chi connectivity index (χ3n) is 4.05. The summed E-state index contributed by atoms with van der Waals surface area (Å²) in [5, 5.41) is 3.16. The number of rotatable bonds is 2. The zero-order valence-electron chi connectivity index (χ0n) is 13.5. The molecule has 4 heteroatoms. The van der Waals surface area contributed by atoms with Gasteiger partial charge in [0.1, 0.15) is 11.4 Å². The van der Waals surface area contributed by atoms with Gasteiger partial charge in [-0.05, 0) is 60.5 Å². The number of carbonyl (C=O) groups is 1. The molecule has 2 aromatic rings. The van der Waals surface area contributed by atoms with E-state index < -0.39 is 0 Å². The first-order valence-corrected chi connectivity index (χ1v) is 8.50. The Bertz CT molecular complexity index is 755. The number of benzene rings is 2. The summed E-state index contributed by atoms with van der Waals surface area (Å²) >= 11 is 3.44. The van der Waals surface area contributed by atoms with E-state index in [-0.39, 0.29) is 17.6 Å². The van der Waals surface area contributed by atoms with Crippen LogP contribution in [0, 0.1) is 6.92 Å². The molecule has 1 aliphatic heterocycles. The highest BCUT2D eigenvalue weighted by molar-refractivity contribution is 9.10. The third-order valence-corrected chi connectivity index (χ3v) is 4.74. The fraction of sp³-hybridized carbons (Fsp3) is 0.316. The minimum atomic E-state index is -0.313. The second-order valence-electron chi connectivity index (χ2n) is 6.61. The summed E-state index contributed by atoms with van der Waals surface area (Å²) in [6.07, 6.45) is 0.735. The molecule has 0 saturated carbocycles. The molecule has 0 spiro atoms. The van der Waals surface area contributed by atoms with E-state index in [1.165, 1.54) is 0 Å². The summed E-state index contributed by atoms with van der Waals surface area (Å²) in [6.45, 7) is 6.14. The molecule has 2 aromatic carbocycles. The van der Waals surface area contributed by atoms with Crippen LogP contribution in [0.3, 0.4) is 0 Å². The Labute approximate surface area is 145 Å². The first-order chi connectivity index (χ1) is 10.9. The summed E-state index contributed by atoms with van der Waals surface area (Å²) in [4.78, 5) is 12.6. The van der Waals surface area contributed by atoms with Crippen LogP contribution in [0.2, 0.25) is 0 Å². The molecule has 3 nitrogen and oxygen atoms in total. The van der Waals surface area contributed by atoms with Crippen molar-refractivity contribution in [3.63, 3.8) is 0 Å². The predicted molar refractivity (Wildman–Crippen MR) is 94.9 cm³/mol. The molecule has 120 valence electrons. The average molecular weight is 374 g/mol. The van der Waals surface area contributed by atoms with Gasteiger partial charge in [0.15, 0.2) is 0 Å². The van der Waals surface area contributed by atoms with Gasteiger partial charge in [-0.2, -0.15) is 0 Å². The van der Waals surface area contributed by atoms with Crippen molar-refractivity contribution in [2.24, 2.45) is 0 Å². The Morgan fingerprint density at radius 3 is 2.74 bits per heavy atom. The van der Waals surface area contributed by atoms with E-state index in [0.717, 1.165) is 27.8 Å². The Morgan fingerprint density at radius 1 is 1.26 bits per heavy atom. The van der Waals surface area contributed by atoms with Crippen molar-refractivity contribution in [2.45, 2.75) is 38.8 Å². The van der Waals surface area contributed by atoms with Gasteiger partial charge in [-0.25, -0.2) is 0 Å². The van der Waals surface area contributed by atoms with E-state index in [9.17, 15) is 4.79 Å². The van der Waals surface area contributed by atoms with Gasteiger partial charge in [-0.15, -0.1) is 0 Å². The molecule has 3 rings (SSSR count). The van der Waals surface area contributed by atoms with E-state index in [1.54, 1.807) is 0 Å². The number of hydrogen-bond donors (Lipinski definition) is 1. The topological polar surface area (TPSA) is 38.3 Å². The number of hydrogen-bond acceptors (Lipinski definition) is 2. The zero-order chi connectivity index (χ0) is 16.6. The van der Waals surface area contributed by atoms with E-state index >= 15 is 0 Å². The van der Waals surface area contributed by atoms with Crippen molar-refractivity contribution in [3.8, 4) is 5.75 Å². The lowest BCUT2D eigenvalue weighted by atomic mass is 9.89. The number of amides is 1. The van der Waals surface area contributed by atoms with Crippen LogP contribution in [0.1, 0.15) is 47.8 Å². The predicted octanol–water partition coefficient (Wildman–Crippen LogP) is 4.79. The summed E-state index contributed by atoms with van der Waals surface area (Å²) in [6, 6.07) is 13.5. The van der Waals surface area contributed by atoms with E-state index in [4.69, 9.17) is 4.74 Å². The highest BCUT2D eigenvalue weighted by Gasteiger charge is 2.34. The zero-order valence-corrected chi connectivity index (χ0v) is 15.1. The molecule has 0 bridgehead atoms. The van der Waals surface area contributed by atoms with E-state index in [1.807, 2.05) is 43.3 Å². The lowest BCUT2D eigenvalue weighted by Crippen LogP contribution is -2.41. The number of aryl methyl sites for hydroxylation is 1. The van der Waals surface area contributed by atoms with Crippen LogP contribution in [0.25, 0.3) is 0 Å². The van der Waals surface area contributed by atoms with Crippen molar-refractivity contribution in [3.05, 3.63) is 63.6 Å². The summed E-state index contributed by atoms with van der Waals surface area (Å²) in [5.74, 6) is 0.783. The molecular formula is C19H20BrNO2. The molecule has 1 atom stereocenters. The van der Waals surface area contributed by atoms with Crippen LogP contribution in [0.5, 0.6) is 5.75 Å². The summed E-state index contributed by atoms with van der Waals surface area (Å²) < 4.78 is 6.88. The molecule has 0 aliphatic carbocycles. The summed E-state index contributed by atoms with van der Waals surface area (Å²) in [7, 11) is 0. The molecule has 0 aromatic heterocycles. The van der Waals surface area contributed by atoms with Crippen LogP contribution in [0.15, 0.2) is 46.9 Å². The number of nitrogens with one attached hydrogen (secondary N) is 1. The summed E-state index contributed by atoms with van der Waals surface area (Å²) in [5.41, 5.74) is 2.52. The smallest absolute Gasteiger partial charge is 0.252 e. The molecule has 0 unspecified atom stereocenters. The SMILES string of the molecule is Cc1ccc2c(c1)OC(C)(C)C[C@@H]2NC(=O)c1ccccc1Br. The average Bonchev–Trinajstić information content (AvgIpc) is 2.45. The first kappa shape index (κ1) is 16.1. The Hall–Kier alpha value is -1.81. The largest absolute Gasteiger partial charge is 0.487 e. The second kappa shape index (κ2) is 6.00. The van der Waals surface area contributed by atoms with Gasteiger partial charge in [0.25, 0.3) is 5.91 Å². The van der Waals surface area contributed by atoms with Crippen LogP contribution < -0.4 is 10.1 Å². The highest BCUT2D eigenvalue weighted by atomic mass is 79.9. The van der Waals surface area contributed by atoms with Crippen molar-refractivity contribution in [1.82, 2.24) is 5.32 Å². The van der Waals surface area contributed by atoms with Gasteiger partial charge in [-0.1, -0.05) is 24.3 Å². The van der Waals surface area contributed by atoms with Crippen molar-refractivity contribution >= 4 is 21.8 Å². The maximum absolute atomic E-state index is 12.6. The Morgan fingerprint density at radius 2 is 2.00 bits per heavy atom. The normalized spacial score (nSPS) is 18.7. The molecule has 1 N–H and O–H groups in total. The van der Waals surface area contributed by atoms with Gasteiger partial charge in [-0.3, -0.25) is 4.79 Å². The number of carbonyl (C=O) groups excluding carboxylic acids is 1. The minimum absolute atomic E-state index is 0.0612. The highest BCUT2D eigenvalue weighted by Crippen LogP contribution is 2.40. The second-order valence-corrected chi connectivity index (χ2v) is 7.47. The molecule has 1 heterocycles. The van der Waals surface area contributed by atoms with Gasteiger partial charge < -0.3 is 10.1 Å². The number of ether oxygens (including phenoxy) is 1. The molecular weight excluding hydrogens is 354 g/mol. The lowest BCUT2D eigenvalue weighted by molar-refractivity contribution is 0.0619. The quantitative estimate of drug-likeness (QED) is 0.821. The first-order valence-electron chi connectivity index (χ1n) is 7.71. The standard InChI is InChI=1S/C19H20BrNO2/c1-12-8-9-14-16(11-19(2,3)23-17(14)10-12)21-18(22)13-6-4-5-7-15(13)20/h4-10,16H,11H2,1-3H3,(H,21,22)/t16-/m0/s1. The van der Waals surface area contributed by atoms with Crippen molar-refractivity contribution in [2.75, 3.05) is 0 Å². The van der Waals surface area contributed by atoms with Gasteiger partial charge >= 0.3 is 0 Å². The van der Waals surface area contributed by atoms with Crippen LogP contribution in [0.4, 0.5) is 0 Å². The molecule has 23 heavy (non-hydrogen) atoms. The van der Waals surface area contributed by atoms with Crippen LogP contribution in [-0.2, 0) is 0 Å². The fourth-order valence-corrected chi connectivity index (χ4v) is 3.43. The maximum Gasteiger partial charge on any atom is 0.252 e. The molecule has 0 fully saturated rings. The minimum Gasteiger partial charge on any atom is -0.487 e. The van der Waals surface area contributed by atoms with Gasteiger partial charge in [0.2, 0.25) is 0 Å². The van der Waals surface area contributed by atoms with E-state index in [0.29, 0.717) is 5.56 Å². The van der Waals surface area contributed by atoms with Gasteiger partial charge in [0, 0.05) is 16.5 Å². The third kappa shape index (κ3) is 3.42.